The molecule has 1 aromatic carbocycles. The Hall–Kier alpha value is -1.36. The molecule has 0 spiro atoms. The Bertz CT molecular complexity index is 457. The average Bonchev–Trinajstić information content (AvgIpc) is 2.19. The zero-order chi connectivity index (χ0) is 12.6. The third-order valence-corrected chi connectivity index (χ3v) is 2.99. The minimum atomic E-state index is -2.66. The predicted octanol–water partition coefficient (Wildman–Crippen LogP) is 2.45. The van der Waals surface area contributed by atoms with Crippen LogP contribution in [0.3, 0.4) is 0 Å². The third kappa shape index (κ3) is 2.66. The molecule has 0 bridgehead atoms. The number of nitrogens with one attached hydrogen (secondary N) is 1. The van der Waals surface area contributed by atoms with E-state index < -0.39 is 17.9 Å². The first-order valence-corrected chi connectivity index (χ1v) is 5.49. The summed E-state index contributed by atoms with van der Waals surface area (Å²) >= 11 is 5.83. The minimum Gasteiger partial charge on any atom is -0.399 e. The number of hydrogen-bond donors (Lipinski definition) is 2. The molecule has 1 aliphatic carbocycles. The van der Waals surface area contributed by atoms with Crippen molar-refractivity contribution >= 4 is 23.2 Å². The zero-order valence-electron chi connectivity index (χ0n) is 8.84. The number of benzene rings is 1. The summed E-state index contributed by atoms with van der Waals surface area (Å²) in [5.41, 5.74) is 6.14. The number of carbonyl (C=O) groups excluding carboxylic acids is 1. The lowest BCUT2D eigenvalue weighted by Gasteiger charge is -2.35. The molecular formula is C11H11ClF2N2O. The summed E-state index contributed by atoms with van der Waals surface area (Å²) in [6.07, 6.45) is -0.642. The highest BCUT2D eigenvalue weighted by atomic mass is 35.5. The molecule has 0 heterocycles. The second kappa shape index (κ2) is 4.14. The standard InChI is InChI=1S/C11H11ClF2N2O/c12-9-2-1-6(15)3-8(9)10(17)16-7-4-11(13,14)5-7/h1-3,7H,4-5,15H2,(H,16,17). The lowest BCUT2D eigenvalue weighted by molar-refractivity contribution is -0.0901. The molecular weight excluding hydrogens is 250 g/mol. The van der Waals surface area contributed by atoms with Crippen molar-refractivity contribution in [3.63, 3.8) is 0 Å². The van der Waals surface area contributed by atoms with Crippen LogP contribution in [0.15, 0.2) is 18.2 Å². The fraction of sp³-hybridized carbons (Fsp3) is 0.364. The van der Waals surface area contributed by atoms with Crippen molar-refractivity contribution in [3.8, 4) is 0 Å². The van der Waals surface area contributed by atoms with Crippen LogP contribution in [-0.4, -0.2) is 17.9 Å². The lowest BCUT2D eigenvalue weighted by Crippen LogP contribution is -2.50. The number of anilines is 1. The quantitative estimate of drug-likeness (QED) is 0.803. The van der Waals surface area contributed by atoms with Crippen LogP contribution < -0.4 is 11.1 Å². The van der Waals surface area contributed by atoms with Gasteiger partial charge in [0.15, 0.2) is 0 Å². The van der Waals surface area contributed by atoms with Gasteiger partial charge in [-0.1, -0.05) is 11.6 Å². The van der Waals surface area contributed by atoms with E-state index >= 15 is 0 Å². The van der Waals surface area contributed by atoms with Crippen LogP contribution in [0.25, 0.3) is 0 Å². The predicted molar refractivity (Wildman–Crippen MR) is 61.3 cm³/mol. The molecule has 0 aromatic heterocycles. The highest BCUT2D eigenvalue weighted by Crippen LogP contribution is 2.37. The molecule has 3 nitrogen and oxygen atoms in total. The van der Waals surface area contributed by atoms with E-state index in [0.29, 0.717) is 5.69 Å². The van der Waals surface area contributed by atoms with Crippen LogP contribution in [0.1, 0.15) is 23.2 Å². The number of nitrogens with two attached hydrogens (primary N) is 1. The summed E-state index contributed by atoms with van der Waals surface area (Å²) in [4.78, 5) is 11.7. The number of rotatable bonds is 2. The normalized spacial score (nSPS) is 18.5. The van der Waals surface area contributed by atoms with Crippen molar-refractivity contribution in [3.05, 3.63) is 28.8 Å². The molecule has 0 saturated heterocycles. The Labute approximate surface area is 102 Å². The van der Waals surface area contributed by atoms with E-state index in [9.17, 15) is 13.6 Å². The van der Waals surface area contributed by atoms with Crippen molar-refractivity contribution in [1.29, 1.82) is 0 Å². The third-order valence-electron chi connectivity index (χ3n) is 2.66. The van der Waals surface area contributed by atoms with Crippen LogP contribution in [0.2, 0.25) is 5.02 Å². The maximum absolute atomic E-state index is 12.6. The minimum absolute atomic E-state index is 0.210. The van der Waals surface area contributed by atoms with Gasteiger partial charge in [0.25, 0.3) is 11.8 Å². The van der Waals surface area contributed by atoms with E-state index in [0.717, 1.165) is 0 Å². The molecule has 1 aliphatic rings. The van der Waals surface area contributed by atoms with Gasteiger partial charge < -0.3 is 11.1 Å². The zero-order valence-corrected chi connectivity index (χ0v) is 9.60. The molecule has 3 N–H and O–H groups in total. The fourth-order valence-corrected chi connectivity index (χ4v) is 1.95. The van der Waals surface area contributed by atoms with Gasteiger partial charge in [0.1, 0.15) is 0 Å². The maximum atomic E-state index is 12.6. The Kier molecular flexibility index (Phi) is 2.95. The molecule has 92 valence electrons. The van der Waals surface area contributed by atoms with Crippen LogP contribution in [-0.2, 0) is 0 Å². The van der Waals surface area contributed by atoms with Crippen molar-refractivity contribution in [2.45, 2.75) is 24.8 Å². The Morgan fingerprint density at radius 1 is 1.47 bits per heavy atom. The number of alkyl halides is 2. The van der Waals surface area contributed by atoms with Crippen molar-refractivity contribution in [2.75, 3.05) is 5.73 Å². The van der Waals surface area contributed by atoms with Gasteiger partial charge in [0.2, 0.25) is 0 Å². The fourth-order valence-electron chi connectivity index (χ4n) is 1.74. The van der Waals surface area contributed by atoms with Crippen molar-refractivity contribution in [2.24, 2.45) is 0 Å². The molecule has 0 unspecified atom stereocenters. The number of amides is 1. The van der Waals surface area contributed by atoms with Gasteiger partial charge in [-0.15, -0.1) is 0 Å². The summed E-state index contributed by atoms with van der Waals surface area (Å²) in [7, 11) is 0. The first-order valence-electron chi connectivity index (χ1n) is 5.11. The van der Waals surface area contributed by atoms with Crippen LogP contribution in [0, 0.1) is 0 Å². The summed E-state index contributed by atoms with van der Waals surface area (Å²) in [5, 5.41) is 2.75. The highest BCUT2D eigenvalue weighted by molar-refractivity contribution is 6.34. The highest BCUT2D eigenvalue weighted by Gasteiger charge is 2.46. The van der Waals surface area contributed by atoms with Gasteiger partial charge >= 0.3 is 0 Å². The number of carbonyl (C=O) groups is 1. The van der Waals surface area contributed by atoms with Crippen LogP contribution in [0.5, 0.6) is 0 Å². The molecule has 17 heavy (non-hydrogen) atoms. The van der Waals surface area contributed by atoms with E-state index in [-0.39, 0.29) is 23.4 Å². The summed E-state index contributed by atoms with van der Waals surface area (Å²) in [5.74, 6) is -3.12. The van der Waals surface area contributed by atoms with E-state index in [2.05, 4.69) is 5.32 Å². The Morgan fingerprint density at radius 3 is 2.71 bits per heavy atom. The van der Waals surface area contributed by atoms with Crippen molar-refractivity contribution < 1.29 is 13.6 Å². The largest absolute Gasteiger partial charge is 0.399 e. The second-order valence-electron chi connectivity index (χ2n) is 4.17. The molecule has 0 atom stereocenters. The maximum Gasteiger partial charge on any atom is 0.253 e. The molecule has 1 amide bonds. The molecule has 6 heteroatoms. The van der Waals surface area contributed by atoms with E-state index in [4.69, 9.17) is 17.3 Å². The number of hydrogen-bond acceptors (Lipinski definition) is 2. The van der Waals surface area contributed by atoms with Gasteiger partial charge in [0, 0.05) is 24.6 Å². The molecule has 2 rings (SSSR count). The van der Waals surface area contributed by atoms with Crippen LogP contribution in [0.4, 0.5) is 14.5 Å². The van der Waals surface area contributed by atoms with E-state index in [1.807, 2.05) is 0 Å². The molecule has 1 fully saturated rings. The Morgan fingerprint density at radius 2 is 2.12 bits per heavy atom. The average molecular weight is 261 g/mol. The smallest absolute Gasteiger partial charge is 0.253 e. The number of nitrogen functional groups attached to an aromatic ring is 1. The SMILES string of the molecule is Nc1ccc(Cl)c(C(=O)NC2CC(F)(F)C2)c1. The van der Waals surface area contributed by atoms with Gasteiger partial charge in [0.05, 0.1) is 10.6 Å². The number of halogens is 3. The Balaban J connectivity index is 2.03. The lowest BCUT2D eigenvalue weighted by atomic mass is 9.88. The van der Waals surface area contributed by atoms with Gasteiger partial charge in [-0.05, 0) is 18.2 Å². The van der Waals surface area contributed by atoms with Crippen molar-refractivity contribution in [1.82, 2.24) is 5.32 Å². The van der Waals surface area contributed by atoms with Gasteiger partial charge in [-0.2, -0.15) is 0 Å². The summed E-state index contributed by atoms with van der Waals surface area (Å²) < 4.78 is 25.2. The molecule has 0 aliphatic heterocycles. The van der Waals surface area contributed by atoms with E-state index in [1.54, 1.807) is 6.07 Å². The summed E-state index contributed by atoms with van der Waals surface area (Å²) in [6, 6.07) is 4.00. The van der Waals surface area contributed by atoms with Gasteiger partial charge in [-0.3, -0.25) is 4.79 Å². The summed E-state index contributed by atoms with van der Waals surface area (Å²) in [6.45, 7) is 0. The first-order chi connectivity index (χ1) is 7.87. The van der Waals surface area contributed by atoms with Gasteiger partial charge in [-0.25, -0.2) is 8.78 Å². The monoisotopic (exact) mass is 260 g/mol. The van der Waals surface area contributed by atoms with E-state index in [1.165, 1.54) is 12.1 Å². The van der Waals surface area contributed by atoms with Crippen LogP contribution >= 0.6 is 11.6 Å². The molecule has 0 radical (unpaired) electrons. The molecule has 1 saturated carbocycles. The topological polar surface area (TPSA) is 55.1 Å². The first kappa shape index (κ1) is 12.1. The molecule has 1 aromatic rings. The second-order valence-corrected chi connectivity index (χ2v) is 4.58.